The maximum atomic E-state index is 12.6. The smallest absolute Gasteiger partial charge is 0.370 e. The average molecular weight is 395 g/mol. The minimum Gasteiger partial charge on any atom is -0.370 e. The molecule has 0 aliphatic carbocycles. The second-order valence-corrected chi connectivity index (χ2v) is 6.67. The maximum Gasteiger partial charge on any atom is 0.416 e. The molecular weight excluding hydrogens is 371 g/mol. The molecule has 1 saturated heterocycles. The molecule has 6 nitrogen and oxygen atoms in total. The molecule has 1 aromatic carbocycles. The van der Waals surface area contributed by atoms with Gasteiger partial charge in [0, 0.05) is 38.9 Å². The molecule has 1 atom stereocenters. The van der Waals surface area contributed by atoms with E-state index in [9.17, 15) is 13.2 Å². The number of nitrogens with zero attached hydrogens (tertiary/aromatic N) is 4. The lowest BCUT2D eigenvalue weighted by Gasteiger charge is -2.34. The molecule has 2 aromatic rings. The zero-order valence-electron chi connectivity index (χ0n) is 15.9. The molecule has 0 radical (unpaired) electrons. The van der Waals surface area contributed by atoms with Crippen molar-refractivity contribution in [2.45, 2.75) is 18.7 Å². The van der Waals surface area contributed by atoms with Crippen molar-refractivity contribution in [3.05, 3.63) is 53.3 Å². The predicted octanol–water partition coefficient (Wildman–Crippen LogP) is 2.63. The van der Waals surface area contributed by atoms with Crippen molar-refractivity contribution < 1.29 is 17.9 Å². The van der Waals surface area contributed by atoms with Gasteiger partial charge in [-0.3, -0.25) is 9.67 Å². The first-order valence-corrected chi connectivity index (χ1v) is 9.08. The van der Waals surface area contributed by atoms with Gasteiger partial charge in [0.2, 0.25) is 0 Å². The minimum absolute atomic E-state index is 0.0732. The predicted molar refractivity (Wildman–Crippen MR) is 100.0 cm³/mol. The number of morpholine rings is 1. The number of halogens is 3. The Bertz CT molecular complexity index is 801. The molecule has 0 amide bonds. The van der Waals surface area contributed by atoms with Crippen molar-refractivity contribution >= 4 is 5.96 Å². The van der Waals surface area contributed by atoms with E-state index in [4.69, 9.17) is 4.74 Å². The monoisotopic (exact) mass is 395 g/mol. The van der Waals surface area contributed by atoms with E-state index in [1.807, 2.05) is 13.2 Å². The third kappa shape index (κ3) is 5.03. The second-order valence-electron chi connectivity index (χ2n) is 6.67. The highest BCUT2D eigenvalue weighted by molar-refractivity contribution is 5.80. The summed E-state index contributed by atoms with van der Waals surface area (Å²) in [4.78, 5) is 6.45. The number of hydrogen-bond acceptors (Lipinski definition) is 3. The molecule has 1 aliphatic rings. The van der Waals surface area contributed by atoms with Crippen molar-refractivity contribution in [2.24, 2.45) is 12.0 Å². The number of aliphatic imine (C=N–C) groups is 1. The number of nitrogens with one attached hydrogen (secondary N) is 1. The number of guanidine groups is 1. The number of rotatable bonds is 4. The Labute approximate surface area is 162 Å². The zero-order valence-corrected chi connectivity index (χ0v) is 15.9. The van der Waals surface area contributed by atoms with E-state index in [1.54, 1.807) is 17.9 Å². The van der Waals surface area contributed by atoms with Gasteiger partial charge in [-0.15, -0.1) is 0 Å². The van der Waals surface area contributed by atoms with Crippen LogP contribution in [0.4, 0.5) is 13.2 Å². The quantitative estimate of drug-likeness (QED) is 0.639. The van der Waals surface area contributed by atoms with E-state index in [0.717, 1.165) is 35.8 Å². The molecule has 1 fully saturated rings. The summed E-state index contributed by atoms with van der Waals surface area (Å²) >= 11 is 0. The highest BCUT2D eigenvalue weighted by Crippen LogP contribution is 2.29. The molecule has 1 aromatic heterocycles. The molecule has 0 bridgehead atoms. The first kappa shape index (κ1) is 20.2. The Kier molecular flexibility index (Phi) is 6.23. The fourth-order valence-electron chi connectivity index (χ4n) is 3.16. The van der Waals surface area contributed by atoms with E-state index in [-0.39, 0.29) is 6.10 Å². The summed E-state index contributed by atoms with van der Waals surface area (Å²) in [5, 5.41) is 7.48. The SMILES string of the molecule is CN=C(NCCc1ccc(C(F)(F)F)cc1)N1CCOC(c2cnn(C)c2)C1. The van der Waals surface area contributed by atoms with Crippen LogP contribution >= 0.6 is 0 Å². The largest absolute Gasteiger partial charge is 0.416 e. The number of aromatic nitrogens is 2. The second kappa shape index (κ2) is 8.64. The molecule has 9 heteroatoms. The zero-order chi connectivity index (χ0) is 20.1. The van der Waals surface area contributed by atoms with Crippen LogP contribution in [0.1, 0.15) is 22.8 Å². The summed E-state index contributed by atoms with van der Waals surface area (Å²) in [6.45, 7) is 2.54. The molecular formula is C19H24F3N5O. The van der Waals surface area contributed by atoms with Gasteiger partial charge in [0.05, 0.1) is 24.9 Å². The Morgan fingerprint density at radius 3 is 2.68 bits per heavy atom. The van der Waals surface area contributed by atoms with Crippen LogP contribution in [0.15, 0.2) is 41.7 Å². The van der Waals surface area contributed by atoms with Gasteiger partial charge in [0.25, 0.3) is 0 Å². The molecule has 1 aliphatic heterocycles. The lowest BCUT2D eigenvalue weighted by molar-refractivity contribution is -0.137. The van der Waals surface area contributed by atoms with Gasteiger partial charge in [-0.05, 0) is 24.1 Å². The van der Waals surface area contributed by atoms with Crippen LogP contribution in [0, 0.1) is 0 Å². The van der Waals surface area contributed by atoms with Crippen LogP contribution in [0.2, 0.25) is 0 Å². The van der Waals surface area contributed by atoms with Gasteiger partial charge in [-0.1, -0.05) is 12.1 Å². The van der Waals surface area contributed by atoms with E-state index in [1.165, 1.54) is 12.1 Å². The van der Waals surface area contributed by atoms with Crippen molar-refractivity contribution in [3.8, 4) is 0 Å². The Balaban J connectivity index is 1.53. The van der Waals surface area contributed by atoms with Crippen molar-refractivity contribution in [2.75, 3.05) is 33.3 Å². The number of ether oxygens (including phenoxy) is 1. The van der Waals surface area contributed by atoms with Crippen LogP contribution in [0.5, 0.6) is 0 Å². The molecule has 1 N–H and O–H groups in total. The summed E-state index contributed by atoms with van der Waals surface area (Å²) in [5.41, 5.74) is 1.23. The fourth-order valence-corrected chi connectivity index (χ4v) is 3.16. The Hall–Kier alpha value is -2.55. The molecule has 3 rings (SSSR count). The van der Waals surface area contributed by atoms with Crippen LogP contribution in [0.3, 0.4) is 0 Å². The summed E-state index contributed by atoms with van der Waals surface area (Å²) in [7, 11) is 3.58. The fraction of sp³-hybridized carbons (Fsp3) is 0.474. The maximum absolute atomic E-state index is 12.6. The van der Waals surface area contributed by atoms with Crippen LogP contribution in [0.25, 0.3) is 0 Å². The van der Waals surface area contributed by atoms with Gasteiger partial charge in [0.1, 0.15) is 6.10 Å². The summed E-state index contributed by atoms with van der Waals surface area (Å²) in [5.74, 6) is 0.754. The van der Waals surface area contributed by atoms with E-state index in [2.05, 4.69) is 20.3 Å². The van der Waals surface area contributed by atoms with Crippen molar-refractivity contribution in [3.63, 3.8) is 0 Å². The standard InChI is InChI=1S/C19H24F3N5O/c1-23-18(24-8-7-14-3-5-16(6-4-14)19(20,21)22)27-9-10-28-17(13-27)15-11-25-26(2)12-15/h3-6,11-12,17H,7-10,13H2,1-2H3,(H,23,24). The molecule has 1 unspecified atom stereocenters. The Morgan fingerprint density at radius 1 is 1.32 bits per heavy atom. The first-order valence-electron chi connectivity index (χ1n) is 9.08. The molecule has 2 heterocycles. The van der Waals surface area contributed by atoms with Gasteiger partial charge in [0.15, 0.2) is 5.96 Å². The number of hydrogen-bond donors (Lipinski definition) is 1. The summed E-state index contributed by atoms with van der Waals surface area (Å²) < 4.78 is 45.5. The third-order valence-corrected chi connectivity index (χ3v) is 4.65. The molecule has 28 heavy (non-hydrogen) atoms. The molecule has 0 spiro atoms. The minimum atomic E-state index is -4.31. The highest BCUT2D eigenvalue weighted by Gasteiger charge is 2.30. The van der Waals surface area contributed by atoms with Gasteiger partial charge < -0.3 is 15.0 Å². The van der Waals surface area contributed by atoms with Crippen molar-refractivity contribution in [1.82, 2.24) is 20.0 Å². The first-order chi connectivity index (χ1) is 13.4. The van der Waals surface area contributed by atoms with Crippen LogP contribution < -0.4 is 5.32 Å². The summed E-state index contributed by atoms with van der Waals surface area (Å²) in [6.07, 6.45) is -0.0341. The van der Waals surface area contributed by atoms with Gasteiger partial charge >= 0.3 is 6.18 Å². The third-order valence-electron chi connectivity index (χ3n) is 4.65. The normalized spacial score (nSPS) is 18.4. The lowest BCUT2D eigenvalue weighted by atomic mass is 10.1. The number of alkyl halides is 3. The summed E-state index contributed by atoms with van der Waals surface area (Å²) in [6, 6.07) is 5.26. The van der Waals surface area contributed by atoms with Crippen LogP contribution in [-0.4, -0.2) is 53.9 Å². The van der Waals surface area contributed by atoms with Gasteiger partial charge in [-0.25, -0.2) is 0 Å². The lowest BCUT2D eigenvalue weighted by Crippen LogP contribution is -2.48. The van der Waals surface area contributed by atoms with Gasteiger partial charge in [-0.2, -0.15) is 18.3 Å². The molecule has 0 saturated carbocycles. The highest BCUT2D eigenvalue weighted by atomic mass is 19.4. The topological polar surface area (TPSA) is 54.7 Å². The van der Waals surface area contributed by atoms with E-state index in [0.29, 0.717) is 26.1 Å². The number of benzene rings is 1. The number of aryl methyl sites for hydroxylation is 1. The van der Waals surface area contributed by atoms with E-state index < -0.39 is 11.7 Å². The molecule has 152 valence electrons. The average Bonchev–Trinajstić information content (AvgIpc) is 3.11. The van der Waals surface area contributed by atoms with E-state index >= 15 is 0 Å². The Morgan fingerprint density at radius 2 is 2.07 bits per heavy atom. The van der Waals surface area contributed by atoms with Crippen molar-refractivity contribution in [1.29, 1.82) is 0 Å². The van der Waals surface area contributed by atoms with Crippen LogP contribution in [-0.2, 0) is 24.4 Å².